The summed E-state index contributed by atoms with van der Waals surface area (Å²) in [6.45, 7) is 1.28. The maximum absolute atomic E-state index is 13.8. The van der Waals surface area contributed by atoms with E-state index >= 15 is 0 Å². The molecule has 1 atom stereocenters. The second kappa shape index (κ2) is 9.41. The maximum atomic E-state index is 13.8. The van der Waals surface area contributed by atoms with E-state index < -0.39 is 36.4 Å². The van der Waals surface area contributed by atoms with Crippen LogP contribution in [0.25, 0.3) is 0 Å². The molecule has 30 heavy (non-hydrogen) atoms. The Kier molecular flexibility index (Phi) is 6.68. The van der Waals surface area contributed by atoms with Crippen molar-refractivity contribution in [2.75, 3.05) is 13.2 Å². The molecule has 0 saturated heterocycles. The minimum absolute atomic E-state index is 0.0434. The smallest absolute Gasteiger partial charge is 0.341 e. The highest BCUT2D eigenvalue weighted by atomic mass is 35.5. The fraction of sp³-hybridized carbons (Fsp3) is 0.190. The summed E-state index contributed by atoms with van der Waals surface area (Å²) >= 11 is 5.92. The van der Waals surface area contributed by atoms with Gasteiger partial charge in [0, 0.05) is 5.02 Å². The van der Waals surface area contributed by atoms with Crippen LogP contribution in [0, 0.1) is 5.82 Å². The number of hydrogen-bond acceptors (Lipinski definition) is 5. The van der Waals surface area contributed by atoms with Gasteiger partial charge in [-0.05, 0) is 36.8 Å². The molecule has 2 aromatic rings. The molecule has 1 aliphatic rings. The van der Waals surface area contributed by atoms with E-state index in [1.54, 1.807) is 31.2 Å². The Morgan fingerprint density at radius 3 is 2.43 bits per heavy atom. The molecule has 0 radical (unpaired) electrons. The first-order valence-corrected chi connectivity index (χ1v) is 9.43. The van der Waals surface area contributed by atoms with E-state index in [1.165, 1.54) is 18.2 Å². The molecule has 3 rings (SSSR count). The molecule has 7 nitrogen and oxygen atoms in total. The van der Waals surface area contributed by atoms with Crippen molar-refractivity contribution in [2.45, 2.75) is 13.0 Å². The van der Waals surface area contributed by atoms with Crippen LogP contribution < -0.4 is 10.6 Å². The number of esters is 2. The fourth-order valence-electron chi connectivity index (χ4n) is 2.93. The molecule has 0 bridgehead atoms. The van der Waals surface area contributed by atoms with E-state index in [4.69, 9.17) is 21.1 Å². The van der Waals surface area contributed by atoms with Crippen molar-refractivity contribution in [2.24, 2.45) is 0 Å². The standard InChI is InChI=1S/C21H18ClFN2O5/c1-2-29-20(27)17-16(11-30-19(26)14-5-3-4-6-15(14)23)24-21(28)25-18(17)12-7-9-13(22)10-8-12/h3-10,18H,2,11H2,1H3,(H2,24,25,28). The van der Waals surface area contributed by atoms with Crippen LogP contribution in [0.5, 0.6) is 0 Å². The van der Waals surface area contributed by atoms with Crippen LogP contribution in [-0.4, -0.2) is 31.2 Å². The van der Waals surface area contributed by atoms with Gasteiger partial charge in [0.1, 0.15) is 12.4 Å². The van der Waals surface area contributed by atoms with E-state index in [9.17, 15) is 18.8 Å². The molecule has 156 valence electrons. The van der Waals surface area contributed by atoms with Gasteiger partial charge >= 0.3 is 18.0 Å². The number of carbonyl (C=O) groups excluding carboxylic acids is 3. The summed E-state index contributed by atoms with van der Waals surface area (Å²) in [5.74, 6) is -2.36. The first-order chi connectivity index (χ1) is 14.4. The van der Waals surface area contributed by atoms with E-state index in [1.807, 2.05) is 0 Å². The van der Waals surface area contributed by atoms with Gasteiger partial charge in [-0.25, -0.2) is 18.8 Å². The second-order valence-corrected chi connectivity index (χ2v) is 6.69. The van der Waals surface area contributed by atoms with Crippen molar-refractivity contribution in [1.82, 2.24) is 10.6 Å². The minimum Gasteiger partial charge on any atom is -0.463 e. The summed E-state index contributed by atoms with van der Waals surface area (Å²) in [6.07, 6.45) is 0. The van der Waals surface area contributed by atoms with Crippen molar-refractivity contribution in [3.05, 3.63) is 81.8 Å². The van der Waals surface area contributed by atoms with Gasteiger partial charge < -0.3 is 20.1 Å². The predicted octanol–water partition coefficient (Wildman–Crippen LogP) is 3.51. The molecule has 1 unspecified atom stereocenters. The number of halogens is 2. The number of carbonyl (C=O) groups is 3. The maximum Gasteiger partial charge on any atom is 0.341 e. The lowest BCUT2D eigenvalue weighted by molar-refractivity contribution is -0.139. The summed E-state index contributed by atoms with van der Waals surface area (Å²) < 4.78 is 24.1. The summed E-state index contributed by atoms with van der Waals surface area (Å²) in [6, 6.07) is 10.4. The van der Waals surface area contributed by atoms with Gasteiger partial charge in [-0.2, -0.15) is 0 Å². The Morgan fingerprint density at radius 1 is 1.07 bits per heavy atom. The topological polar surface area (TPSA) is 93.7 Å². The SMILES string of the molecule is CCOC(=O)C1=C(COC(=O)c2ccccc2F)NC(=O)NC1c1ccc(Cl)cc1. The van der Waals surface area contributed by atoms with Crippen LogP contribution in [0.3, 0.4) is 0 Å². The molecule has 0 fully saturated rings. The molecule has 0 spiro atoms. The summed E-state index contributed by atoms with van der Waals surface area (Å²) in [5, 5.41) is 5.60. The molecule has 0 saturated carbocycles. The average Bonchev–Trinajstić information content (AvgIpc) is 2.72. The van der Waals surface area contributed by atoms with Crippen LogP contribution in [0.4, 0.5) is 9.18 Å². The zero-order valence-electron chi connectivity index (χ0n) is 15.9. The Balaban J connectivity index is 1.93. The highest BCUT2D eigenvalue weighted by Gasteiger charge is 2.34. The molecule has 2 N–H and O–H groups in total. The first kappa shape index (κ1) is 21.3. The summed E-state index contributed by atoms with van der Waals surface area (Å²) in [4.78, 5) is 37.1. The Labute approximate surface area is 176 Å². The Hall–Kier alpha value is -3.39. The largest absolute Gasteiger partial charge is 0.463 e. The molecule has 2 aromatic carbocycles. The van der Waals surface area contributed by atoms with Crippen LogP contribution in [-0.2, 0) is 14.3 Å². The van der Waals surface area contributed by atoms with Crippen molar-refractivity contribution in [3.8, 4) is 0 Å². The van der Waals surface area contributed by atoms with Crippen LogP contribution >= 0.6 is 11.6 Å². The number of ether oxygens (including phenoxy) is 2. The molecule has 0 aliphatic carbocycles. The quantitative estimate of drug-likeness (QED) is 0.681. The zero-order chi connectivity index (χ0) is 21.7. The molecule has 1 aliphatic heterocycles. The molecule has 1 heterocycles. The Morgan fingerprint density at radius 2 is 1.77 bits per heavy atom. The van der Waals surface area contributed by atoms with Crippen LogP contribution in [0.1, 0.15) is 28.9 Å². The number of amides is 2. The normalized spacial score (nSPS) is 15.8. The third kappa shape index (κ3) is 4.77. The van der Waals surface area contributed by atoms with Crippen molar-refractivity contribution >= 4 is 29.6 Å². The molecular formula is C21H18ClFN2O5. The predicted molar refractivity (Wildman–Crippen MR) is 106 cm³/mol. The molecule has 2 amide bonds. The van der Waals surface area contributed by atoms with Gasteiger partial charge in [-0.3, -0.25) is 0 Å². The number of benzene rings is 2. The molecular weight excluding hydrogens is 415 g/mol. The first-order valence-electron chi connectivity index (χ1n) is 9.05. The molecule has 9 heteroatoms. The number of nitrogens with one attached hydrogen (secondary N) is 2. The fourth-order valence-corrected chi connectivity index (χ4v) is 3.06. The van der Waals surface area contributed by atoms with Gasteiger partial charge in [0.15, 0.2) is 0 Å². The van der Waals surface area contributed by atoms with Gasteiger partial charge in [0.05, 0.1) is 29.5 Å². The van der Waals surface area contributed by atoms with E-state index in [0.717, 1.165) is 6.07 Å². The Bertz CT molecular complexity index is 1010. The lowest BCUT2D eigenvalue weighted by atomic mass is 9.95. The summed E-state index contributed by atoms with van der Waals surface area (Å²) in [7, 11) is 0. The monoisotopic (exact) mass is 432 g/mol. The van der Waals surface area contributed by atoms with Gasteiger partial charge in [-0.15, -0.1) is 0 Å². The number of hydrogen-bond donors (Lipinski definition) is 2. The van der Waals surface area contributed by atoms with Gasteiger partial charge in [0.2, 0.25) is 0 Å². The lowest BCUT2D eigenvalue weighted by Crippen LogP contribution is -2.47. The lowest BCUT2D eigenvalue weighted by Gasteiger charge is -2.29. The number of urea groups is 1. The third-order valence-electron chi connectivity index (χ3n) is 4.29. The highest BCUT2D eigenvalue weighted by molar-refractivity contribution is 6.30. The highest BCUT2D eigenvalue weighted by Crippen LogP contribution is 2.29. The van der Waals surface area contributed by atoms with E-state index in [-0.39, 0.29) is 23.4 Å². The van der Waals surface area contributed by atoms with E-state index in [2.05, 4.69) is 10.6 Å². The van der Waals surface area contributed by atoms with Crippen molar-refractivity contribution in [3.63, 3.8) is 0 Å². The van der Waals surface area contributed by atoms with Gasteiger partial charge in [0.25, 0.3) is 0 Å². The van der Waals surface area contributed by atoms with Gasteiger partial charge in [-0.1, -0.05) is 35.9 Å². The minimum atomic E-state index is -0.931. The van der Waals surface area contributed by atoms with Crippen LogP contribution in [0.15, 0.2) is 59.8 Å². The third-order valence-corrected chi connectivity index (χ3v) is 4.55. The number of rotatable bonds is 6. The van der Waals surface area contributed by atoms with E-state index in [0.29, 0.717) is 10.6 Å². The van der Waals surface area contributed by atoms with Crippen molar-refractivity contribution in [1.29, 1.82) is 0 Å². The average molecular weight is 433 g/mol. The zero-order valence-corrected chi connectivity index (χ0v) is 16.7. The molecule has 0 aromatic heterocycles. The second-order valence-electron chi connectivity index (χ2n) is 6.25. The summed E-state index contributed by atoms with van der Waals surface area (Å²) in [5.41, 5.74) is 0.433. The van der Waals surface area contributed by atoms with Crippen LogP contribution in [0.2, 0.25) is 5.02 Å². The van der Waals surface area contributed by atoms with Crippen molar-refractivity contribution < 1.29 is 28.2 Å².